The molecule has 11 heteroatoms. The van der Waals surface area contributed by atoms with Crippen LogP contribution in [0.2, 0.25) is 0 Å². The molecule has 1 aromatic heterocycles. The zero-order valence-electron chi connectivity index (χ0n) is 42.7. The summed E-state index contributed by atoms with van der Waals surface area (Å²) in [6, 6.07) is -0.795. The summed E-state index contributed by atoms with van der Waals surface area (Å²) >= 11 is 0. The van der Waals surface area contributed by atoms with Gasteiger partial charge in [-0.15, -0.1) is 0 Å². The molecule has 2 aliphatic heterocycles. The molecule has 11 nitrogen and oxygen atoms in total. The number of hydrogen-bond acceptors (Lipinski definition) is 9. The number of carbonyl (C=O) groups is 4. The number of amides is 1. The van der Waals surface area contributed by atoms with Crippen LogP contribution in [0.15, 0.2) is 12.5 Å². The van der Waals surface area contributed by atoms with Crippen molar-refractivity contribution in [3.8, 4) is 0 Å². The van der Waals surface area contributed by atoms with Gasteiger partial charge in [0, 0.05) is 31.2 Å². The van der Waals surface area contributed by atoms with Gasteiger partial charge in [0.15, 0.2) is 0 Å². The van der Waals surface area contributed by atoms with E-state index in [9.17, 15) is 24.3 Å². The number of nitrogens with zero attached hydrogens (tertiary/aromatic N) is 1. The summed E-state index contributed by atoms with van der Waals surface area (Å²) in [5.74, 6) is -0.688. The lowest BCUT2D eigenvalue weighted by Gasteiger charge is -2.37. The average Bonchev–Trinajstić information content (AvgIpc) is 3.83. The highest BCUT2D eigenvalue weighted by molar-refractivity contribution is 5.79. The van der Waals surface area contributed by atoms with Gasteiger partial charge in [0.05, 0.1) is 24.3 Å². The minimum absolute atomic E-state index is 0.0261. The summed E-state index contributed by atoms with van der Waals surface area (Å²) in [6.45, 7) is 8.89. The highest BCUT2D eigenvalue weighted by Gasteiger charge is 2.44. The third kappa shape index (κ3) is 27.8. The van der Waals surface area contributed by atoms with Gasteiger partial charge < -0.3 is 29.6 Å². The summed E-state index contributed by atoms with van der Waals surface area (Å²) in [7, 11) is 0. The molecule has 0 saturated carbocycles. The first-order valence-electron chi connectivity index (χ1n) is 27.7. The fraction of sp³-hybridized carbons (Fsp3) is 0.873. The molecule has 3 N–H and O–H groups in total. The van der Waals surface area contributed by atoms with Gasteiger partial charge in [-0.25, -0.2) is 9.78 Å². The van der Waals surface area contributed by atoms with E-state index in [0.29, 0.717) is 19.3 Å². The zero-order valence-corrected chi connectivity index (χ0v) is 42.7. The van der Waals surface area contributed by atoms with Gasteiger partial charge >= 0.3 is 17.9 Å². The highest BCUT2D eigenvalue weighted by Crippen LogP contribution is 2.34. The Balaban J connectivity index is 0.000000485. The zero-order chi connectivity index (χ0) is 47.9. The van der Waals surface area contributed by atoms with Gasteiger partial charge in [0.1, 0.15) is 24.4 Å². The van der Waals surface area contributed by atoms with E-state index in [1.807, 2.05) is 0 Å². The predicted octanol–water partition coefficient (Wildman–Crippen LogP) is 13.5. The molecule has 0 aromatic carbocycles. The molecule has 0 radical (unpaired) electrons. The normalized spacial score (nSPS) is 19.0. The fourth-order valence-electron chi connectivity index (χ4n) is 9.52. The lowest BCUT2D eigenvalue weighted by atomic mass is 9.86. The lowest BCUT2D eigenvalue weighted by Crippen LogP contribution is -2.48. The maximum Gasteiger partial charge on any atom is 0.329 e. The van der Waals surface area contributed by atoms with E-state index in [0.717, 1.165) is 76.3 Å². The van der Waals surface area contributed by atoms with Crippen LogP contribution >= 0.6 is 0 Å². The van der Waals surface area contributed by atoms with Crippen molar-refractivity contribution in [1.29, 1.82) is 0 Å². The highest BCUT2D eigenvalue weighted by atomic mass is 16.6. The Bertz CT molecular complexity index is 1330. The van der Waals surface area contributed by atoms with E-state index in [1.165, 1.54) is 148 Å². The molecule has 0 spiro atoms. The van der Waals surface area contributed by atoms with E-state index < -0.39 is 12.0 Å². The van der Waals surface area contributed by atoms with E-state index >= 15 is 0 Å². The number of aliphatic hydroxyl groups excluding tert-OH is 1. The smallest absolute Gasteiger partial charge is 0.329 e. The SMILES string of the molecule is CCCCCCCCCCCCC[C@@H](C[C@@H]1OC(=O)[C@H]1CCCCCC)OC(=O)[C@H](Cc1cnc[nH]1)NC=O.CCCCCCCCCCCCC[C@@H](O)C[C@@H]1OC(=O)[C@H]1CCCCCC. The summed E-state index contributed by atoms with van der Waals surface area (Å²) in [6.07, 6.45) is 45.3. The molecule has 0 aliphatic carbocycles. The molecule has 1 amide bonds. The Morgan fingerprint density at radius 3 is 1.45 bits per heavy atom. The first-order valence-corrected chi connectivity index (χ1v) is 27.7. The molecular weight excluding hydrogens is 831 g/mol. The molecule has 2 aliphatic rings. The van der Waals surface area contributed by atoms with Gasteiger partial charge in [-0.2, -0.15) is 0 Å². The molecule has 382 valence electrons. The molecule has 2 saturated heterocycles. The van der Waals surface area contributed by atoms with Crippen LogP contribution in [-0.2, 0) is 39.8 Å². The number of aromatic nitrogens is 2. The number of esters is 3. The number of aliphatic hydroxyl groups is 1. The largest absolute Gasteiger partial charge is 0.461 e. The molecule has 3 rings (SSSR count). The van der Waals surface area contributed by atoms with Gasteiger partial charge in [0.2, 0.25) is 6.41 Å². The molecule has 3 heterocycles. The predicted molar refractivity (Wildman–Crippen MR) is 267 cm³/mol. The Kier molecular flexibility index (Phi) is 35.9. The third-order valence-corrected chi connectivity index (χ3v) is 13.9. The van der Waals surface area contributed by atoms with E-state index in [-0.39, 0.29) is 54.6 Å². The fourth-order valence-corrected chi connectivity index (χ4v) is 9.52. The van der Waals surface area contributed by atoms with Crippen LogP contribution in [0.5, 0.6) is 0 Å². The summed E-state index contributed by atoms with van der Waals surface area (Å²) < 4.78 is 16.7. The van der Waals surface area contributed by atoms with Crippen LogP contribution in [0, 0.1) is 11.8 Å². The van der Waals surface area contributed by atoms with Crippen LogP contribution in [0.1, 0.15) is 265 Å². The second-order valence-corrected chi connectivity index (χ2v) is 19.8. The van der Waals surface area contributed by atoms with Gasteiger partial charge in [-0.3, -0.25) is 14.4 Å². The summed E-state index contributed by atoms with van der Waals surface area (Å²) in [5.41, 5.74) is 0.744. The number of imidazole rings is 1. The second-order valence-electron chi connectivity index (χ2n) is 19.8. The van der Waals surface area contributed by atoms with E-state index in [2.05, 4.69) is 43.0 Å². The number of hydrogen-bond donors (Lipinski definition) is 3. The Morgan fingerprint density at radius 1 is 0.636 bits per heavy atom. The maximum atomic E-state index is 13.1. The standard InChI is InChI=1S/C31H53N3O5.C24H46O3/c1-3-5-7-9-10-11-12-13-14-15-16-18-26(21-29-27(30(36)39-29)19-17-8-6-4-2)38-31(37)28(34-24-35)20-25-22-32-23-33-25;1-3-5-7-9-10-11-12-13-14-15-16-18-21(25)20-23-22(24(26)27-23)19-17-8-6-4-2/h22-24,26-29H,3-21H2,1-2H3,(H,32,33)(H,34,35);21-23,25H,3-20H2,1-2H3/t26-,27-,28-,29-;21-,22+,23+/m01/s1. The van der Waals surface area contributed by atoms with Crippen LogP contribution in [0.25, 0.3) is 0 Å². The van der Waals surface area contributed by atoms with Gasteiger partial charge in [-0.05, 0) is 32.1 Å². The first kappa shape index (κ1) is 59.2. The number of rotatable bonds is 44. The molecule has 0 bridgehead atoms. The minimum atomic E-state index is -0.795. The van der Waals surface area contributed by atoms with Gasteiger partial charge in [0.25, 0.3) is 0 Å². The summed E-state index contributed by atoms with van der Waals surface area (Å²) in [5, 5.41) is 12.8. The van der Waals surface area contributed by atoms with Crippen molar-refractivity contribution in [3.05, 3.63) is 18.2 Å². The topological polar surface area (TPSA) is 157 Å². The summed E-state index contributed by atoms with van der Waals surface area (Å²) in [4.78, 5) is 55.0. The average molecular weight is 930 g/mol. The lowest BCUT2D eigenvalue weighted by molar-refractivity contribution is -0.191. The van der Waals surface area contributed by atoms with Crippen molar-refractivity contribution in [1.82, 2.24) is 15.3 Å². The number of carbonyl (C=O) groups excluding carboxylic acids is 4. The first-order chi connectivity index (χ1) is 32.3. The molecule has 7 atom stereocenters. The number of unbranched alkanes of at least 4 members (excludes halogenated alkanes) is 26. The number of cyclic esters (lactones) is 2. The van der Waals surface area contributed by atoms with Crippen molar-refractivity contribution >= 4 is 24.3 Å². The van der Waals surface area contributed by atoms with E-state index in [4.69, 9.17) is 14.2 Å². The molecular formula is C55H99N3O8. The molecule has 66 heavy (non-hydrogen) atoms. The van der Waals surface area contributed by atoms with E-state index in [1.54, 1.807) is 12.5 Å². The molecule has 1 aromatic rings. The van der Waals surface area contributed by atoms with Crippen molar-refractivity contribution in [2.24, 2.45) is 11.8 Å². The number of aromatic amines is 1. The van der Waals surface area contributed by atoms with Crippen molar-refractivity contribution in [2.75, 3.05) is 0 Å². The third-order valence-electron chi connectivity index (χ3n) is 13.9. The van der Waals surface area contributed by atoms with Crippen LogP contribution < -0.4 is 5.32 Å². The maximum absolute atomic E-state index is 13.1. The number of ether oxygens (including phenoxy) is 3. The Morgan fingerprint density at radius 2 is 1.05 bits per heavy atom. The van der Waals surface area contributed by atoms with Crippen molar-refractivity contribution < 1.29 is 38.5 Å². The van der Waals surface area contributed by atoms with Crippen molar-refractivity contribution in [2.45, 2.75) is 296 Å². The molecule has 0 unspecified atom stereocenters. The van der Waals surface area contributed by atoms with Gasteiger partial charge in [-0.1, -0.05) is 214 Å². The van der Waals surface area contributed by atoms with Crippen LogP contribution in [0.3, 0.4) is 0 Å². The van der Waals surface area contributed by atoms with Crippen molar-refractivity contribution in [3.63, 3.8) is 0 Å². The van der Waals surface area contributed by atoms with Crippen LogP contribution in [-0.4, -0.2) is 69.9 Å². The molecule has 2 fully saturated rings. The Labute approximate surface area is 402 Å². The quantitative estimate of drug-likeness (QED) is 0.0251. The monoisotopic (exact) mass is 930 g/mol. The Hall–Kier alpha value is -2.95. The second kappa shape index (κ2) is 40.0. The number of nitrogens with one attached hydrogen (secondary N) is 2. The van der Waals surface area contributed by atoms with Crippen LogP contribution in [0.4, 0.5) is 0 Å². The minimum Gasteiger partial charge on any atom is -0.461 e. The number of H-pyrrole nitrogens is 1.